The van der Waals surface area contributed by atoms with E-state index < -0.39 is 21.7 Å². The lowest BCUT2D eigenvalue weighted by Crippen LogP contribution is -2.40. The van der Waals surface area contributed by atoms with Gasteiger partial charge in [-0.2, -0.15) is 4.31 Å². The van der Waals surface area contributed by atoms with Crippen molar-refractivity contribution in [3.63, 3.8) is 0 Å². The SMILES string of the molecule is Cc1ccc(S(=O)(=O)N(C/C=C/CCl)C(=O)OC(C)(C)C)cc1. The van der Waals surface area contributed by atoms with E-state index in [4.69, 9.17) is 16.3 Å². The molecule has 1 rings (SSSR count). The van der Waals surface area contributed by atoms with E-state index in [9.17, 15) is 13.2 Å². The molecule has 0 unspecified atom stereocenters. The van der Waals surface area contributed by atoms with Gasteiger partial charge in [-0.1, -0.05) is 29.8 Å². The Kier molecular flexibility index (Phi) is 6.65. The molecule has 1 aromatic carbocycles. The van der Waals surface area contributed by atoms with Crippen molar-refractivity contribution in [2.75, 3.05) is 12.4 Å². The Hall–Kier alpha value is -1.53. The van der Waals surface area contributed by atoms with E-state index >= 15 is 0 Å². The molecule has 0 atom stereocenters. The second kappa shape index (κ2) is 7.84. The highest BCUT2D eigenvalue weighted by Gasteiger charge is 2.32. The molecule has 0 radical (unpaired) electrons. The normalized spacial score (nSPS) is 12.4. The van der Waals surface area contributed by atoms with E-state index in [0.29, 0.717) is 4.31 Å². The zero-order valence-electron chi connectivity index (χ0n) is 13.7. The second-order valence-corrected chi connectivity index (χ2v) is 8.13. The number of sulfonamides is 1. The maximum atomic E-state index is 12.7. The number of alkyl halides is 1. The van der Waals surface area contributed by atoms with Crippen molar-refractivity contribution in [3.05, 3.63) is 42.0 Å². The van der Waals surface area contributed by atoms with Gasteiger partial charge in [0.2, 0.25) is 0 Å². The lowest BCUT2D eigenvalue weighted by Gasteiger charge is -2.26. The van der Waals surface area contributed by atoms with E-state index in [1.807, 2.05) is 6.92 Å². The highest BCUT2D eigenvalue weighted by Crippen LogP contribution is 2.19. The molecule has 0 bridgehead atoms. The summed E-state index contributed by atoms with van der Waals surface area (Å²) in [6.45, 7) is 6.74. The number of hydrogen-bond donors (Lipinski definition) is 0. The predicted molar refractivity (Wildman–Crippen MR) is 91.2 cm³/mol. The van der Waals surface area contributed by atoms with Crippen LogP contribution in [0.5, 0.6) is 0 Å². The Labute approximate surface area is 142 Å². The Bertz CT molecular complexity index is 660. The predicted octanol–water partition coefficient (Wildman–Crippen LogP) is 3.72. The van der Waals surface area contributed by atoms with Gasteiger partial charge in [-0.25, -0.2) is 13.2 Å². The van der Waals surface area contributed by atoms with Crippen LogP contribution in [0.1, 0.15) is 26.3 Å². The van der Waals surface area contributed by atoms with Crippen LogP contribution in [0.25, 0.3) is 0 Å². The van der Waals surface area contributed by atoms with Gasteiger partial charge in [0.25, 0.3) is 10.0 Å². The monoisotopic (exact) mass is 359 g/mol. The third-order valence-corrected chi connectivity index (χ3v) is 4.66. The van der Waals surface area contributed by atoms with E-state index in [0.717, 1.165) is 5.56 Å². The first-order valence-corrected chi connectivity index (χ1v) is 9.09. The molecule has 1 amide bonds. The summed E-state index contributed by atoms with van der Waals surface area (Å²) in [4.78, 5) is 12.3. The first kappa shape index (κ1) is 19.5. The van der Waals surface area contributed by atoms with Crippen LogP contribution in [0.2, 0.25) is 0 Å². The van der Waals surface area contributed by atoms with Crippen molar-refractivity contribution < 1.29 is 17.9 Å². The molecule has 0 N–H and O–H groups in total. The van der Waals surface area contributed by atoms with Gasteiger partial charge in [0, 0.05) is 5.88 Å². The minimum absolute atomic E-state index is 0.0354. The molecule has 0 heterocycles. The van der Waals surface area contributed by atoms with Gasteiger partial charge >= 0.3 is 6.09 Å². The van der Waals surface area contributed by atoms with Gasteiger partial charge in [0.15, 0.2) is 0 Å². The number of aryl methyl sites for hydroxylation is 1. The minimum Gasteiger partial charge on any atom is -0.443 e. The summed E-state index contributed by atoms with van der Waals surface area (Å²) < 4.78 is 31.4. The Morgan fingerprint density at radius 2 is 1.78 bits per heavy atom. The van der Waals surface area contributed by atoms with Crippen molar-refractivity contribution in [3.8, 4) is 0 Å². The Morgan fingerprint density at radius 1 is 1.22 bits per heavy atom. The van der Waals surface area contributed by atoms with Crippen molar-refractivity contribution >= 4 is 27.7 Å². The number of ether oxygens (including phenoxy) is 1. The summed E-state index contributed by atoms with van der Waals surface area (Å²) in [7, 11) is -4.01. The van der Waals surface area contributed by atoms with Gasteiger partial charge in [-0.15, -0.1) is 11.6 Å². The van der Waals surface area contributed by atoms with E-state index in [1.54, 1.807) is 39.0 Å². The smallest absolute Gasteiger partial charge is 0.424 e. The molecule has 0 aliphatic heterocycles. The van der Waals surface area contributed by atoms with Crippen LogP contribution < -0.4 is 0 Å². The summed E-state index contributed by atoms with van der Waals surface area (Å²) in [5.74, 6) is 0.229. The standard InChI is InChI=1S/C16H22ClNO4S/c1-13-7-9-14(10-8-13)23(20,21)18(12-6-5-11-17)15(19)22-16(2,3)4/h5-10H,11-12H2,1-4H3/b6-5+. The highest BCUT2D eigenvalue weighted by atomic mass is 35.5. The quantitative estimate of drug-likeness (QED) is 0.593. The lowest BCUT2D eigenvalue weighted by molar-refractivity contribution is 0.0404. The van der Waals surface area contributed by atoms with E-state index in [2.05, 4.69) is 0 Å². The number of allylic oxidation sites excluding steroid dienone is 1. The molecule has 128 valence electrons. The van der Waals surface area contributed by atoms with Crippen LogP contribution in [0.4, 0.5) is 4.79 Å². The van der Waals surface area contributed by atoms with Gasteiger partial charge in [-0.05, 0) is 39.8 Å². The van der Waals surface area contributed by atoms with Gasteiger partial charge < -0.3 is 4.74 Å². The van der Waals surface area contributed by atoms with E-state index in [-0.39, 0.29) is 17.3 Å². The number of amides is 1. The number of carbonyl (C=O) groups excluding carboxylic acids is 1. The first-order valence-electron chi connectivity index (χ1n) is 7.11. The van der Waals surface area contributed by atoms with Crippen LogP contribution in [0.3, 0.4) is 0 Å². The summed E-state index contributed by atoms with van der Waals surface area (Å²) in [6.07, 6.45) is 2.17. The highest BCUT2D eigenvalue weighted by molar-refractivity contribution is 7.89. The molecule has 0 saturated carbocycles. The number of halogens is 1. The molecule has 0 aliphatic rings. The van der Waals surface area contributed by atoms with Crippen LogP contribution in [-0.2, 0) is 14.8 Å². The molecule has 0 aromatic heterocycles. The zero-order chi connectivity index (χ0) is 17.7. The Morgan fingerprint density at radius 3 is 2.26 bits per heavy atom. The van der Waals surface area contributed by atoms with Crippen molar-refractivity contribution in [2.24, 2.45) is 0 Å². The summed E-state index contributed by atoms with van der Waals surface area (Å²) in [5, 5.41) is 0. The van der Waals surface area contributed by atoms with Crippen LogP contribution in [0, 0.1) is 6.92 Å². The average Bonchev–Trinajstić information content (AvgIpc) is 2.41. The van der Waals surface area contributed by atoms with Gasteiger partial charge in [-0.3, -0.25) is 0 Å². The molecule has 5 nitrogen and oxygen atoms in total. The number of hydrogen-bond acceptors (Lipinski definition) is 4. The van der Waals surface area contributed by atoms with Crippen LogP contribution >= 0.6 is 11.6 Å². The third kappa shape index (κ3) is 5.88. The second-order valence-electron chi connectivity index (χ2n) is 5.96. The van der Waals surface area contributed by atoms with Crippen LogP contribution in [-0.4, -0.2) is 36.8 Å². The van der Waals surface area contributed by atoms with Crippen molar-refractivity contribution in [1.82, 2.24) is 4.31 Å². The first-order chi connectivity index (χ1) is 10.6. The third-order valence-electron chi connectivity index (χ3n) is 2.73. The Balaban J connectivity index is 3.18. The molecule has 23 heavy (non-hydrogen) atoms. The number of benzene rings is 1. The number of carbonyl (C=O) groups is 1. The largest absolute Gasteiger partial charge is 0.443 e. The van der Waals surface area contributed by atoms with Gasteiger partial charge in [0.05, 0.1) is 11.4 Å². The summed E-state index contributed by atoms with van der Waals surface area (Å²) in [6, 6.07) is 6.28. The fraction of sp³-hybridized carbons (Fsp3) is 0.438. The maximum absolute atomic E-state index is 12.7. The molecule has 0 aliphatic carbocycles. The van der Waals surface area contributed by atoms with Gasteiger partial charge in [0.1, 0.15) is 5.60 Å². The molecular formula is C16H22ClNO4S. The van der Waals surface area contributed by atoms with Crippen molar-refractivity contribution in [1.29, 1.82) is 0 Å². The zero-order valence-corrected chi connectivity index (χ0v) is 15.3. The topological polar surface area (TPSA) is 63.7 Å². The molecular weight excluding hydrogens is 338 g/mol. The van der Waals surface area contributed by atoms with E-state index in [1.165, 1.54) is 18.2 Å². The molecule has 0 saturated heterocycles. The van der Waals surface area contributed by atoms with Crippen LogP contribution in [0.15, 0.2) is 41.3 Å². The van der Waals surface area contributed by atoms with Crippen molar-refractivity contribution in [2.45, 2.75) is 38.2 Å². The number of nitrogens with zero attached hydrogens (tertiary/aromatic N) is 1. The molecule has 7 heteroatoms. The maximum Gasteiger partial charge on any atom is 0.424 e. The summed E-state index contributed by atoms with van der Waals surface area (Å²) >= 11 is 5.55. The molecule has 0 fully saturated rings. The fourth-order valence-electron chi connectivity index (χ4n) is 1.65. The number of rotatable bonds is 5. The average molecular weight is 360 g/mol. The minimum atomic E-state index is -4.01. The molecule has 0 spiro atoms. The summed E-state index contributed by atoms with van der Waals surface area (Å²) in [5.41, 5.74) is 0.128. The fourth-order valence-corrected chi connectivity index (χ4v) is 3.03. The molecule has 1 aromatic rings. The lowest BCUT2D eigenvalue weighted by atomic mass is 10.2.